The minimum absolute atomic E-state index is 0.0794. The number of piperazine rings is 1. The van der Waals surface area contributed by atoms with Crippen LogP contribution in [0.1, 0.15) is 27.2 Å². The Morgan fingerprint density at radius 1 is 1.25 bits per heavy atom. The number of rotatable bonds is 4. The van der Waals surface area contributed by atoms with E-state index >= 15 is 0 Å². The summed E-state index contributed by atoms with van der Waals surface area (Å²) in [6.45, 7) is 8.71. The number of carbonyl (C=O) groups excluding carboxylic acids is 1. The van der Waals surface area contributed by atoms with Gasteiger partial charge in [-0.05, 0) is 32.0 Å². The fourth-order valence-electron chi connectivity index (χ4n) is 4.94. The number of ether oxygens (including phenoxy) is 2. The first-order valence-electron chi connectivity index (χ1n) is 11.2. The summed E-state index contributed by atoms with van der Waals surface area (Å²) in [4.78, 5) is 29.0. The molecule has 0 radical (unpaired) electrons. The summed E-state index contributed by atoms with van der Waals surface area (Å²) in [6.07, 6.45) is 4.68. The number of H-pyrrole nitrogens is 1. The smallest absolute Gasteiger partial charge is 0.220 e. The number of hydrogen-bond donors (Lipinski definition) is 1. The lowest BCUT2D eigenvalue weighted by molar-refractivity contribution is -0.133. The van der Waals surface area contributed by atoms with Crippen LogP contribution in [0.5, 0.6) is 5.75 Å². The highest BCUT2D eigenvalue weighted by Crippen LogP contribution is 2.31. The zero-order valence-electron chi connectivity index (χ0n) is 18.7. The number of nitrogens with zero attached hydrogens (tertiary/aromatic N) is 4. The van der Waals surface area contributed by atoms with E-state index in [0.717, 1.165) is 60.0 Å². The van der Waals surface area contributed by atoms with Crippen LogP contribution in [0.25, 0.3) is 22.3 Å². The second-order valence-corrected chi connectivity index (χ2v) is 8.78. The van der Waals surface area contributed by atoms with Crippen molar-refractivity contribution in [3.05, 3.63) is 36.7 Å². The number of aromatic nitrogens is 3. The minimum atomic E-state index is 0.0794. The molecular formula is C24H29N5O3. The van der Waals surface area contributed by atoms with Crippen molar-refractivity contribution in [3.8, 4) is 17.0 Å². The maximum Gasteiger partial charge on any atom is 0.220 e. The Hall–Kier alpha value is -3.13. The van der Waals surface area contributed by atoms with Crippen LogP contribution < -0.4 is 9.64 Å². The lowest BCUT2D eigenvalue weighted by Crippen LogP contribution is -2.58. The molecule has 0 aliphatic carbocycles. The highest BCUT2D eigenvalue weighted by atomic mass is 16.5. The van der Waals surface area contributed by atoms with Crippen LogP contribution in [0.15, 0.2) is 36.7 Å². The summed E-state index contributed by atoms with van der Waals surface area (Å²) in [6, 6.07) is 8.39. The van der Waals surface area contributed by atoms with Gasteiger partial charge in [-0.15, -0.1) is 0 Å². The average molecular weight is 436 g/mol. The van der Waals surface area contributed by atoms with Crippen molar-refractivity contribution >= 4 is 22.8 Å². The van der Waals surface area contributed by atoms with Crippen LogP contribution in [-0.4, -0.2) is 70.2 Å². The van der Waals surface area contributed by atoms with Gasteiger partial charge in [-0.25, -0.2) is 9.97 Å². The number of aromatic amines is 1. The van der Waals surface area contributed by atoms with E-state index in [1.807, 2.05) is 35.4 Å². The molecule has 8 heteroatoms. The van der Waals surface area contributed by atoms with E-state index in [1.165, 1.54) is 0 Å². The van der Waals surface area contributed by atoms with Gasteiger partial charge in [-0.3, -0.25) is 4.79 Å². The molecule has 3 unspecified atom stereocenters. The van der Waals surface area contributed by atoms with Crippen molar-refractivity contribution < 1.29 is 14.3 Å². The fourth-order valence-corrected chi connectivity index (χ4v) is 4.94. The Morgan fingerprint density at radius 2 is 2.06 bits per heavy atom. The summed E-state index contributed by atoms with van der Waals surface area (Å²) in [5, 5.41) is 0.981. The van der Waals surface area contributed by atoms with E-state index in [2.05, 4.69) is 28.7 Å². The van der Waals surface area contributed by atoms with Gasteiger partial charge in [0.25, 0.3) is 0 Å². The normalized spacial score (nSPS) is 23.7. The summed E-state index contributed by atoms with van der Waals surface area (Å²) >= 11 is 0. The van der Waals surface area contributed by atoms with Crippen LogP contribution in [0.2, 0.25) is 0 Å². The quantitative estimate of drug-likeness (QED) is 0.677. The largest absolute Gasteiger partial charge is 0.486 e. The van der Waals surface area contributed by atoms with Crippen LogP contribution in [0.4, 0.5) is 5.82 Å². The van der Waals surface area contributed by atoms with Crippen molar-refractivity contribution in [1.82, 2.24) is 19.9 Å². The SMILES string of the molecule is CC(=O)N1C(C)CN(c2cccc(-c3c[nH]c4ncc(OC5CCOC5)cc34)n2)CC1C. The van der Waals surface area contributed by atoms with E-state index in [1.54, 1.807) is 13.1 Å². The molecule has 2 aliphatic heterocycles. The van der Waals surface area contributed by atoms with Gasteiger partial charge < -0.3 is 24.3 Å². The molecule has 0 aromatic carbocycles. The predicted molar refractivity (Wildman–Crippen MR) is 123 cm³/mol. The van der Waals surface area contributed by atoms with E-state index in [9.17, 15) is 4.79 Å². The van der Waals surface area contributed by atoms with Gasteiger partial charge in [0, 0.05) is 55.7 Å². The Balaban J connectivity index is 1.42. The zero-order chi connectivity index (χ0) is 22.2. The molecule has 2 aliphatic rings. The molecule has 5 heterocycles. The molecule has 2 fully saturated rings. The van der Waals surface area contributed by atoms with Crippen LogP contribution >= 0.6 is 0 Å². The summed E-state index contributed by atoms with van der Waals surface area (Å²) in [5.41, 5.74) is 2.68. The molecule has 8 nitrogen and oxygen atoms in total. The predicted octanol–water partition coefficient (Wildman–Crippen LogP) is 3.24. The summed E-state index contributed by atoms with van der Waals surface area (Å²) in [7, 11) is 0. The second-order valence-electron chi connectivity index (χ2n) is 8.78. The van der Waals surface area contributed by atoms with E-state index in [-0.39, 0.29) is 24.1 Å². The molecule has 0 spiro atoms. The maximum absolute atomic E-state index is 12.0. The van der Waals surface area contributed by atoms with Crippen LogP contribution in [0, 0.1) is 0 Å². The molecule has 2 saturated heterocycles. The molecule has 3 atom stereocenters. The summed E-state index contributed by atoms with van der Waals surface area (Å²) < 4.78 is 11.5. The molecule has 5 rings (SSSR count). The second kappa shape index (κ2) is 8.43. The Kier molecular flexibility index (Phi) is 5.46. The number of nitrogens with one attached hydrogen (secondary N) is 1. The third-order valence-corrected chi connectivity index (χ3v) is 6.31. The minimum Gasteiger partial charge on any atom is -0.486 e. The van der Waals surface area contributed by atoms with Crippen molar-refractivity contribution in [2.75, 3.05) is 31.2 Å². The molecular weight excluding hydrogens is 406 g/mol. The van der Waals surface area contributed by atoms with E-state index < -0.39 is 0 Å². The number of carbonyl (C=O) groups is 1. The number of hydrogen-bond acceptors (Lipinski definition) is 6. The Bertz CT molecular complexity index is 1110. The number of amides is 1. The summed E-state index contributed by atoms with van der Waals surface area (Å²) in [5.74, 6) is 1.79. The molecule has 32 heavy (non-hydrogen) atoms. The molecule has 0 saturated carbocycles. The first-order chi connectivity index (χ1) is 15.5. The zero-order valence-corrected chi connectivity index (χ0v) is 18.7. The monoisotopic (exact) mass is 435 g/mol. The van der Waals surface area contributed by atoms with Crippen LogP contribution in [-0.2, 0) is 9.53 Å². The van der Waals surface area contributed by atoms with Gasteiger partial charge in [0.15, 0.2) is 0 Å². The van der Waals surface area contributed by atoms with Crippen molar-refractivity contribution in [3.63, 3.8) is 0 Å². The van der Waals surface area contributed by atoms with E-state index in [4.69, 9.17) is 14.5 Å². The Labute approximate surface area is 187 Å². The Morgan fingerprint density at radius 3 is 2.78 bits per heavy atom. The van der Waals surface area contributed by atoms with Gasteiger partial charge in [-0.1, -0.05) is 6.07 Å². The lowest BCUT2D eigenvalue weighted by Gasteiger charge is -2.44. The van der Waals surface area contributed by atoms with Gasteiger partial charge in [0.1, 0.15) is 23.3 Å². The van der Waals surface area contributed by atoms with Gasteiger partial charge in [0.2, 0.25) is 5.91 Å². The highest BCUT2D eigenvalue weighted by Gasteiger charge is 2.31. The van der Waals surface area contributed by atoms with Gasteiger partial charge >= 0.3 is 0 Å². The average Bonchev–Trinajstić information content (AvgIpc) is 3.42. The third kappa shape index (κ3) is 3.90. The number of anilines is 1. The molecule has 1 amide bonds. The molecule has 3 aromatic rings. The standard InChI is InChI=1S/C24H29N5O3/c1-15-12-28(13-16(2)29(15)17(3)30)23-6-4-5-22(27-23)21-11-26-24-20(21)9-19(10-25-24)32-18-7-8-31-14-18/h4-6,9-11,15-16,18H,7-8,12-14H2,1-3H3,(H,25,26). The van der Waals surface area contributed by atoms with Crippen LogP contribution in [0.3, 0.4) is 0 Å². The lowest BCUT2D eigenvalue weighted by atomic mass is 10.1. The third-order valence-electron chi connectivity index (χ3n) is 6.31. The fraction of sp³-hybridized carbons (Fsp3) is 0.458. The molecule has 3 aromatic heterocycles. The first kappa shape index (κ1) is 20.8. The number of fused-ring (bicyclic) bond motifs is 1. The van der Waals surface area contributed by atoms with Crippen molar-refractivity contribution in [1.29, 1.82) is 0 Å². The maximum atomic E-state index is 12.0. The van der Waals surface area contributed by atoms with Gasteiger partial charge in [0.05, 0.1) is 25.1 Å². The van der Waals surface area contributed by atoms with Crippen molar-refractivity contribution in [2.24, 2.45) is 0 Å². The highest BCUT2D eigenvalue weighted by molar-refractivity contribution is 5.93. The molecule has 1 N–H and O–H groups in total. The van der Waals surface area contributed by atoms with Gasteiger partial charge in [-0.2, -0.15) is 0 Å². The first-order valence-corrected chi connectivity index (χ1v) is 11.2. The van der Waals surface area contributed by atoms with Crippen molar-refractivity contribution in [2.45, 2.75) is 45.4 Å². The molecule has 168 valence electrons. The van der Waals surface area contributed by atoms with E-state index in [0.29, 0.717) is 6.61 Å². The molecule has 0 bridgehead atoms. The number of pyridine rings is 2. The topological polar surface area (TPSA) is 83.6 Å².